The van der Waals surface area contributed by atoms with E-state index in [1.54, 1.807) is 11.1 Å². The minimum atomic E-state index is -0.410. The molecule has 5 heteroatoms. The summed E-state index contributed by atoms with van der Waals surface area (Å²) in [7, 11) is 0. The molecule has 1 atom stereocenters. The van der Waals surface area contributed by atoms with Gasteiger partial charge in [0.25, 0.3) is 5.91 Å². The van der Waals surface area contributed by atoms with Crippen LogP contribution in [0.4, 0.5) is 0 Å². The van der Waals surface area contributed by atoms with Gasteiger partial charge in [-0.15, -0.1) is 0 Å². The van der Waals surface area contributed by atoms with E-state index in [4.69, 9.17) is 0 Å². The molecule has 0 saturated carbocycles. The lowest BCUT2D eigenvalue weighted by Gasteiger charge is -2.34. The quantitative estimate of drug-likeness (QED) is 0.910. The van der Waals surface area contributed by atoms with Crippen LogP contribution in [-0.4, -0.2) is 40.8 Å². The maximum Gasteiger partial charge on any atom is 0.273 e. The highest BCUT2D eigenvalue weighted by Gasteiger charge is 2.33. The van der Waals surface area contributed by atoms with Crippen LogP contribution in [0.15, 0.2) is 36.5 Å². The minimum Gasteiger partial charge on any atom is -0.353 e. The summed E-state index contributed by atoms with van der Waals surface area (Å²) in [5.74, 6) is -0.258. The van der Waals surface area contributed by atoms with Gasteiger partial charge in [0.05, 0.1) is 0 Å². The van der Waals surface area contributed by atoms with Crippen LogP contribution in [0.5, 0.6) is 0 Å². The number of benzene rings is 1. The first kappa shape index (κ1) is 13.5. The Morgan fingerprint density at radius 2 is 2.19 bits per heavy atom. The number of carbonyl (C=O) groups excluding carboxylic acids is 2. The molecule has 0 spiro atoms. The van der Waals surface area contributed by atoms with Crippen molar-refractivity contribution in [1.29, 1.82) is 0 Å². The third kappa shape index (κ3) is 2.35. The van der Waals surface area contributed by atoms with E-state index in [0.29, 0.717) is 25.2 Å². The summed E-state index contributed by atoms with van der Waals surface area (Å²) in [4.78, 5) is 30.6. The van der Waals surface area contributed by atoms with Gasteiger partial charge in [0.15, 0.2) is 0 Å². The second-order valence-corrected chi connectivity index (χ2v) is 5.09. The molecule has 1 saturated heterocycles. The second-order valence-electron chi connectivity index (χ2n) is 5.09. The zero-order valence-corrected chi connectivity index (χ0v) is 11.9. The third-order valence-electron chi connectivity index (χ3n) is 3.85. The summed E-state index contributed by atoms with van der Waals surface area (Å²) >= 11 is 0. The van der Waals surface area contributed by atoms with Crippen LogP contribution in [0, 0.1) is 0 Å². The van der Waals surface area contributed by atoms with Crippen molar-refractivity contribution in [3.05, 3.63) is 42.2 Å². The molecule has 1 aromatic heterocycles. The number of piperazine rings is 1. The Kier molecular flexibility index (Phi) is 3.56. The molecule has 3 rings (SSSR count). The number of hydrogen-bond donors (Lipinski definition) is 1. The smallest absolute Gasteiger partial charge is 0.273 e. The summed E-state index contributed by atoms with van der Waals surface area (Å²) in [6, 6.07) is 9.13. The van der Waals surface area contributed by atoms with Gasteiger partial charge in [0.1, 0.15) is 11.7 Å². The molecule has 0 bridgehead atoms. The van der Waals surface area contributed by atoms with Crippen molar-refractivity contribution in [2.24, 2.45) is 0 Å². The van der Waals surface area contributed by atoms with Crippen LogP contribution < -0.4 is 5.32 Å². The van der Waals surface area contributed by atoms with Crippen molar-refractivity contribution in [2.75, 3.05) is 13.1 Å². The first-order valence-electron chi connectivity index (χ1n) is 7.15. The lowest BCUT2D eigenvalue weighted by Crippen LogP contribution is -2.57. The molecule has 2 heterocycles. The van der Waals surface area contributed by atoms with E-state index in [2.05, 4.69) is 10.3 Å². The molecule has 2 aromatic rings. The van der Waals surface area contributed by atoms with Crippen LogP contribution in [-0.2, 0) is 4.79 Å². The normalized spacial score (nSPS) is 18.6. The Labute approximate surface area is 123 Å². The molecule has 21 heavy (non-hydrogen) atoms. The van der Waals surface area contributed by atoms with Gasteiger partial charge in [0, 0.05) is 24.7 Å². The van der Waals surface area contributed by atoms with Crippen molar-refractivity contribution >= 4 is 22.6 Å². The van der Waals surface area contributed by atoms with E-state index < -0.39 is 6.04 Å². The van der Waals surface area contributed by atoms with E-state index in [1.807, 2.05) is 37.3 Å². The number of nitrogens with one attached hydrogen (secondary N) is 1. The summed E-state index contributed by atoms with van der Waals surface area (Å²) < 4.78 is 0. The summed E-state index contributed by atoms with van der Waals surface area (Å²) in [5, 5.41) is 4.61. The first-order valence-corrected chi connectivity index (χ1v) is 7.15. The SMILES string of the molecule is CCC1C(=O)NCCN1C(=O)c1nccc2ccccc12. The van der Waals surface area contributed by atoms with Crippen molar-refractivity contribution in [3.63, 3.8) is 0 Å². The number of hydrogen-bond acceptors (Lipinski definition) is 3. The molecule has 108 valence electrons. The fourth-order valence-electron chi connectivity index (χ4n) is 2.79. The van der Waals surface area contributed by atoms with Gasteiger partial charge in [-0.1, -0.05) is 31.2 Å². The number of aromatic nitrogens is 1. The molecule has 1 N–H and O–H groups in total. The minimum absolute atomic E-state index is 0.0858. The fraction of sp³-hybridized carbons (Fsp3) is 0.312. The average Bonchev–Trinajstić information content (AvgIpc) is 2.53. The summed E-state index contributed by atoms with van der Waals surface area (Å²) in [6.45, 7) is 2.92. The van der Waals surface area contributed by atoms with Crippen LogP contribution in [0.25, 0.3) is 10.8 Å². The number of fused-ring (bicyclic) bond motifs is 1. The summed E-state index contributed by atoms with van der Waals surface area (Å²) in [6.07, 6.45) is 2.24. The fourth-order valence-corrected chi connectivity index (χ4v) is 2.79. The van der Waals surface area contributed by atoms with Crippen LogP contribution in [0.1, 0.15) is 23.8 Å². The van der Waals surface area contributed by atoms with Gasteiger partial charge in [0.2, 0.25) is 5.91 Å². The number of pyridine rings is 1. The molecule has 1 unspecified atom stereocenters. The predicted octanol–water partition coefficient (Wildman–Crippen LogP) is 1.59. The van der Waals surface area contributed by atoms with Crippen LogP contribution in [0.3, 0.4) is 0 Å². The van der Waals surface area contributed by atoms with Crippen LogP contribution >= 0.6 is 0 Å². The van der Waals surface area contributed by atoms with Crippen molar-refractivity contribution in [3.8, 4) is 0 Å². The topological polar surface area (TPSA) is 62.3 Å². The molecular formula is C16H17N3O2. The highest BCUT2D eigenvalue weighted by molar-refractivity contribution is 6.06. The lowest BCUT2D eigenvalue weighted by atomic mass is 10.1. The van der Waals surface area contributed by atoms with E-state index >= 15 is 0 Å². The van der Waals surface area contributed by atoms with E-state index in [-0.39, 0.29) is 11.8 Å². The molecule has 0 radical (unpaired) electrons. The van der Waals surface area contributed by atoms with Gasteiger partial charge in [-0.25, -0.2) is 0 Å². The third-order valence-corrected chi connectivity index (χ3v) is 3.85. The molecule has 0 aliphatic carbocycles. The molecular weight excluding hydrogens is 266 g/mol. The Morgan fingerprint density at radius 1 is 1.38 bits per heavy atom. The Hall–Kier alpha value is -2.43. The molecule has 2 amide bonds. The largest absolute Gasteiger partial charge is 0.353 e. The Morgan fingerprint density at radius 3 is 3.00 bits per heavy atom. The van der Waals surface area contributed by atoms with Gasteiger partial charge in [-0.3, -0.25) is 14.6 Å². The standard InChI is InChI=1S/C16H17N3O2/c1-2-13-15(20)18-9-10-19(13)16(21)14-12-6-4-3-5-11(12)7-8-17-14/h3-8,13H,2,9-10H2,1H3,(H,18,20). The average molecular weight is 283 g/mol. The predicted molar refractivity (Wildman–Crippen MR) is 79.9 cm³/mol. The molecule has 1 aromatic carbocycles. The second kappa shape index (κ2) is 5.52. The Balaban J connectivity index is 2.02. The maximum absolute atomic E-state index is 12.8. The van der Waals surface area contributed by atoms with E-state index in [9.17, 15) is 9.59 Å². The first-order chi connectivity index (χ1) is 10.2. The van der Waals surface area contributed by atoms with Gasteiger partial charge in [-0.05, 0) is 17.9 Å². The van der Waals surface area contributed by atoms with Crippen molar-refractivity contribution in [1.82, 2.24) is 15.2 Å². The van der Waals surface area contributed by atoms with Crippen molar-refractivity contribution < 1.29 is 9.59 Å². The monoisotopic (exact) mass is 283 g/mol. The zero-order valence-electron chi connectivity index (χ0n) is 11.9. The van der Waals surface area contributed by atoms with Gasteiger partial charge in [-0.2, -0.15) is 0 Å². The van der Waals surface area contributed by atoms with Gasteiger partial charge >= 0.3 is 0 Å². The molecule has 1 fully saturated rings. The maximum atomic E-state index is 12.8. The Bertz CT molecular complexity index is 693. The zero-order chi connectivity index (χ0) is 14.8. The highest BCUT2D eigenvalue weighted by Crippen LogP contribution is 2.20. The van der Waals surface area contributed by atoms with Crippen LogP contribution in [0.2, 0.25) is 0 Å². The van der Waals surface area contributed by atoms with E-state index in [0.717, 1.165) is 10.8 Å². The van der Waals surface area contributed by atoms with E-state index in [1.165, 1.54) is 0 Å². The van der Waals surface area contributed by atoms with Crippen molar-refractivity contribution in [2.45, 2.75) is 19.4 Å². The number of carbonyl (C=O) groups is 2. The summed E-state index contributed by atoms with van der Waals surface area (Å²) in [5.41, 5.74) is 0.418. The van der Waals surface area contributed by atoms with Gasteiger partial charge < -0.3 is 10.2 Å². The highest BCUT2D eigenvalue weighted by atomic mass is 16.2. The number of nitrogens with zero attached hydrogens (tertiary/aromatic N) is 2. The lowest BCUT2D eigenvalue weighted by molar-refractivity contribution is -0.127. The molecule has 1 aliphatic heterocycles. The number of amides is 2. The number of rotatable bonds is 2. The molecule has 5 nitrogen and oxygen atoms in total. The molecule has 1 aliphatic rings.